The van der Waals surface area contributed by atoms with E-state index in [0.29, 0.717) is 18.6 Å². The molecule has 4 heteroatoms. The molecule has 1 aliphatic carbocycles. The summed E-state index contributed by atoms with van der Waals surface area (Å²) in [5.41, 5.74) is 1.53. The molecule has 2 aliphatic rings. The summed E-state index contributed by atoms with van der Waals surface area (Å²) in [7, 11) is 1.71. The van der Waals surface area contributed by atoms with Crippen LogP contribution < -0.4 is 5.32 Å². The summed E-state index contributed by atoms with van der Waals surface area (Å²) in [5.74, 6) is -0.0849. The number of allylic oxidation sites excluding steroid dienone is 2. The van der Waals surface area contributed by atoms with Crippen molar-refractivity contribution in [3.05, 3.63) is 41.2 Å². The first-order chi connectivity index (χ1) is 13.2. The Hall–Kier alpha value is -1.23. The van der Waals surface area contributed by atoms with E-state index in [1.165, 1.54) is 6.42 Å². The van der Waals surface area contributed by atoms with Gasteiger partial charge in [0.05, 0.1) is 5.60 Å². The third kappa shape index (κ3) is 4.79. The molecule has 3 rings (SSSR count). The number of hydrogen-bond acceptors (Lipinski definition) is 3. The van der Waals surface area contributed by atoms with E-state index >= 15 is 0 Å². The molecule has 1 fully saturated rings. The molecule has 1 unspecified atom stereocenters. The molecule has 27 heavy (non-hydrogen) atoms. The zero-order valence-corrected chi connectivity index (χ0v) is 16.6. The molecule has 1 aromatic rings. The smallest absolute Gasteiger partial charge is 0.131 e. The second-order valence-electron chi connectivity index (χ2n) is 8.05. The number of rotatable bonds is 8. The van der Waals surface area contributed by atoms with Gasteiger partial charge >= 0.3 is 0 Å². The topological polar surface area (TPSA) is 41.5 Å². The summed E-state index contributed by atoms with van der Waals surface area (Å²) in [4.78, 5) is 0. The van der Waals surface area contributed by atoms with Crippen molar-refractivity contribution in [2.24, 2.45) is 5.92 Å². The Morgan fingerprint density at radius 1 is 1.26 bits per heavy atom. The third-order valence-electron chi connectivity index (χ3n) is 6.22. The fourth-order valence-corrected chi connectivity index (χ4v) is 4.74. The molecule has 0 aromatic heterocycles. The van der Waals surface area contributed by atoms with Crippen molar-refractivity contribution in [2.45, 2.75) is 63.4 Å². The predicted octanol–water partition coefficient (Wildman–Crippen LogP) is 4.79. The largest absolute Gasteiger partial charge is 0.385 e. The van der Waals surface area contributed by atoms with Crippen LogP contribution in [0, 0.1) is 11.7 Å². The van der Waals surface area contributed by atoms with Gasteiger partial charge in [-0.15, -0.1) is 0 Å². The van der Waals surface area contributed by atoms with Crippen molar-refractivity contribution in [1.29, 1.82) is 0 Å². The van der Waals surface area contributed by atoms with Gasteiger partial charge in [0, 0.05) is 31.7 Å². The molecular weight excluding hydrogens is 341 g/mol. The van der Waals surface area contributed by atoms with Gasteiger partial charge in [-0.05, 0) is 81.5 Å². The molecule has 0 bridgehead atoms. The van der Waals surface area contributed by atoms with E-state index in [9.17, 15) is 9.50 Å². The second-order valence-corrected chi connectivity index (χ2v) is 8.05. The molecule has 3 nitrogen and oxygen atoms in total. The van der Waals surface area contributed by atoms with Gasteiger partial charge in [0.1, 0.15) is 5.82 Å². The van der Waals surface area contributed by atoms with E-state index in [0.717, 1.165) is 69.2 Å². The van der Waals surface area contributed by atoms with Crippen molar-refractivity contribution >= 4 is 5.57 Å². The van der Waals surface area contributed by atoms with Crippen LogP contribution in [0.25, 0.3) is 5.57 Å². The third-order valence-corrected chi connectivity index (χ3v) is 6.22. The van der Waals surface area contributed by atoms with Crippen molar-refractivity contribution in [1.82, 2.24) is 5.32 Å². The van der Waals surface area contributed by atoms with E-state index in [1.54, 1.807) is 19.2 Å². The molecule has 1 heterocycles. The molecule has 0 saturated carbocycles. The maximum atomic E-state index is 15.0. The summed E-state index contributed by atoms with van der Waals surface area (Å²) in [6.45, 7) is 2.48. The zero-order chi connectivity index (χ0) is 19.1. The summed E-state index contributed by atoms with van der Waals surface area (Å²) in [6, 6.07) is 5.26. The Morgan fingerprint density at radius 3 is 2.85 bits per heavy atom. The lowest BCUT2D eigenvalue weighted by Crippen LogP contribution is -2.45. The summed E-state index contributed by atoms with van der Waals surface area (Å²) < 4.78 is 20.2. The molecule has 0 radical (unpaired) electrons. The lowest BCUT2D eigenvalue weighted by atomic mass is 9.71. The van der Waals surface area contributed by atoms with Crippen LogP contribution in [0.1, 0.15) is 68.9 Å². The molecule has 1 saturated heterocycles. The minimum Gasteiger partial charge on any atom is -0.385 e. The SMILES string of the molecule is COCCCC[C@@](O)(c1cccc(F)c1C1=CCCCC1)C1CCCNC1. The second kappa shape index (κ2) is 9.81. The van der Waals surface area contributed by atoms with Crippen LogP contribution in [0.15, 0.2) is 24.3 Å². The minimum atomic E-state index is -1.00. The molecule has 1 aliphatic heterocycles. The number of ether oxygens (including phenoxy) is 1. The fourth-order valence-electron chi connectivity index (χ4n) is 4.74. The number of hydrogen-bond donors (Lipinski definition) is 2. The quantitative estimate of drug-likeness (QED) is 0.642. The average Bonchev–Trinajstić information content (AvgIpc) is 2.72. The number of methoxy groups -OCH3 is 1. The highest BCUT2D eigenvalue weighted by Crippen LogP contribution is 2.43. The molecule has 2 atom stereocenters. The van der Waals surface area contributed by atoms with E-state index < -0.39 is 5.60 Å². The van der Waals surface area contributed by atoms with Crippen LogP contribution in [-0.2, 0) is 10.3 Å². The number of benzene rings is 1. The van der Waals surface area contributed by atoms with Gasteiger partial charge in [-0.1, -0.05) is 18.2 Å². The predicted molar refractivity (Wildman–Crippen MR) is 108 cm³/mol. The first kappa shape index (κ1) is 20.5. The number of piperidine rings is 1. The average molecular weight is 376 g/mol. The van der Waals surface area contributed by atoms with Gasteiger partial charge < -0.3 is 15.2 Å². The fraction of sp³-hybridized carbons (Fsp3) is 0.652. The van der Waals surface area contributed by atoms with Gasteiger partial charge in [-0.25, -0.2) is 4.39 Å². The Morgan fingerprint density at radius 2 is 2.15 bits per heavy atom. The minimum absolute atomic E-state index is 0.110. The van der Waals surface area contributed by atoms with Crippen LogP contribution in [-0.4, -0.2) is 31.9 Å². The van der Waals surface area contributed by atoms with Crippen LogP contribution in [0.2, 0.25) is 0 Å². The zero-order valence-electron chi connectivity index (χ0n) is 16.6. The highest BCUT2D eigenvalue weighted by atomic mass is 19.1. The van der Waals surface area contributed by atoms with Gasteiger partial charge in [0.15, 0.2) is 0 Å². The van der Waals surface area contributed by atoms with Crippen molar-refractivity contribution in [3.63, 3.8) is 0 Å². The van der Waals surface area contributed by atoms with Gasteiger partial charge in [-0.3, -0.25) is 0 Å². The van der Waals surface area contributed by atoms with Crippen LogP contribution in [0.5, 0.6) is 0 Å². The number of unbranched alkanes of at least 4 members (excludes halogenated alkanes) is 1. The lowest BCUT2D eigenvalue weighted by molar-refractivity contribution is -0.0438. The number of aliphatic hydroxyl groups is 1. The highest BCUT2D eigenvalue weighted by molar-refractivity contribution is 5.70. The number of nitrogens with one attached hydrogen (secondary N) is 1. The number of halogens is 1. The maximum Gasteiger partial charge on any atom is 0.131 e. The Kier molecular flexibility index (Phi) is 7.45. The van der Waals surface area contributed by atoms with Gasteiger partial charge in [0.25, 0.3) is 0 Å². The molecule has 0 spiro atoms. The highest BCUT2D eigenvalue weighted by Gasteiger charge is 2.41. The Labute approximate surface area is 163 Å². The summed E-state index contributed by atoms with van der Waals surface area (Å²) >= 11 is 0. The molecule has 150 valence electrons. The van der Waals surface area contributed by atoms with E-state index in [-0.39, 0.29) is 11.7 Å². The summed E-state index contributed by atoms with van der Waals surface area (Å²) in [5, 5.41) is 15.4. The Balaban J connectivity index is 1.98. The lowest BCUT2D eigenvalue weighted by Gasteiger charge is -2.41. The van der Waals surface area contributed by atoms with Crippen molar-refractivity contribution in [3.8, 4) is 0 Å². The Bertz CT molecular complexity index is 639. The first-order valence-corrected chi connectivity index (χ1v) is 10.6. The molecule has 2 N–H and O–H groups in total. The molecule has 1 aromatic carbocycles. The standard InChI is InChI=1S/C23H34FNO2/c1-27-16-6-5-14-23(26,19-11-8-15-25-17-19)20-12-7-13-21(24)22(20)18-9-3-2-4-10-18/h7,9,12-13,19,25-26H,2-6,8,10-11,14-17H2,1H3/t19?,23-/m0/s1. The summed E-state index contributed by atoms with van der Waals surface area (Å²) in [6.07, 6.45) is 10.8. The van der Waals surface area contributed by atoms with Gasteiger partial charge in [0.2, 0.25) is 0 Å². The first-order valence-electron chi connectivity index (χ1n) is 10.6. The normalized spacial score (nSPS) is 22.9. The van der Waals surface area contributed by atoms with Crippen LogP contribution in [0.4, 0.5) is 4.39 Å². The van der Waals surface area contributed by atoms with E-state index in [4.69, 9.17) is 4.74 Å². The van der Waals surface area contributed by atoms with Crippen LogP contribution >= 0.6 is 0 Å². The van der Waals surface area contributed by atoms with Crippen molar-refractivity contribution < 1.29 is 14.2 Å². The monoisotopic (exact) mass is 375 g/mol. The molecular formula is C23H34FNO2. The maximum absolute atomic E-state index is 15.0. The van der Waals surface area contributed by atoms with Crippen LogP contribution in [0.3, 0.4) is 0 Å². The van der Waals surface area contributed by atoms with Crippen molar-refractivity contribution in [2.75, 3.05) is 26.8 Å². The molecule has 0 amide bonds. The van der Waals surface area contributed by atoms with E-state index in [1.807, 2.05) is 6.07 Å². The van der Waals surface area contributed by atoms with E-state index in [2.05, 4.69) is 11.4 Å². The van der Waals surface area contributed by atoms with Gasteiger partial charge in [-0.2, -0.15) is 0 Å².